The van der Waals surface area contributed by atoms with Gasteiger partial charge in [-0.25, -0.2) is 0 Å². The summed E-state index contributed by atoms with van der Waals surface area (Å²) in [6, 6.07) is 42.0. The van der Waals surface area contributed by atoms with Crippen LogP contribution in [0.3, 0.4) is 0 Å². The van der Waals surface area contributed by atoms with Crippen LogP contribution >= 0.6 is 31.9 Å². The lowest BCUT2D eigenvalue weighted by Gasteiger charge is -2.12. The minimum Gasteiger partial charge on any atom is -0.159 e. The van der Waals surface area contributed by atoms with Crippen molar-refractivity contribution in [1.82, 2.24) is 0 Å². The first-order valence-corrected chi connectivity index (χ1v) is 16.6. The molecule has 0 atom stereocenters. The fourth-order valence-electron chi connectivity index (χ4n) is 6.01. The third-order valence-electron chi connectivity index (χ3n) is 7.80. The van der Waals surface area contributed by atoms with Crippen LogP contribution in [0.15, 0.2) is 130 Å². The van der Waals surface area contributed by atoms with E-state index in [1.54, 1.807) is 0 Å². The van der Waals surface area contributed by atoms with E-state index in [9.17, 15) is 0 Å². The maximum absolute atomic E-state index is 4.58. The molecule has 0 unspecified atom stereocenters. The number of thiophene rings is 2. The van der Waals surface area contributed by atoms with Crippen LogP contribution in [0.5, 0.6) is 0 Å². The van der Waals surface area contributed by atoms with E-state index in [1.807, 2.05) is 22.7 Å². The number of fused-ring (bicyclic) bond motifs is 5. The molecule has 8 rings (SSSR count). The Hall–Kier alpha value is -3.89. The first kappa shape index (κ1) is 23.0. The second kappa shape index (κ2) is 8.56. The molecule has 0 aliphatic carbocycles. The first-order chi connectivity index (χ1) is 19.1. The summed E-state index contributed by atoms with van der Waals surface area (Å²) in [5, 5.41) is 4.89. The maximum atomic E-state index is 4.58. The molecule has 0 bridgehead atoms. The molecular weight excluding hydrogens is 529 g/mol. The van der Waals surface area contributed by atoms with Crippen LogP contribution in [0.1, 0.15) is 0 Å². The zero-order chi connectivity index (χ0) is 26.1. The van der Waals surface area contributed by atoms with Gasteiger partial charge < -0.3 is 0 Å². The van der Waals surface area contributed by atoms with E-state index < -0.39 is 9.21 Å². The molecule has 5 aromatic carbocycles. The summed E-state index contributed by atoms with van der Waals surface area (Å²) in [6.45, 7) is 0. The average Bonchev–Trinajstić information content (AvgIpc) is 3.69. The molecule has 0 nitrogen and oxygen atoms in total. The second-order valence-electron chi connectivity index (χ2n) is 10.1. The molecule has 7 aromatic rings. The van der Waals surface area contributed by atoms with E-state index in [-0.39, 0.29) is 0 Å². The highest BCUT2D eigenvalue weighted by Crippen LogP contribution is 2.57. The lowest BCUT2D eigenvalue weighted by atomic mass is 9.93. The van der Waals surface area contributed by atoms with Crippen LogP contribution in [-0.4, -0.2) is 11.7 Å². The van der Waals surface area contributed by atoms with E-state index in [1.165, 1.54) is 73.8 Å². The third kappa shape index (κ3) is 3.37. The minimum atomic E-state index is -1.49. The van der Waals surface area contributed by atoms with Crippen molar-refractivity contribution in [2.75, 3.05) is 0 Å². The molecule has 0 spiro atoms. The van der Waals surface area contributed by atoms with Crippen molar-refractivity contribution in [3.8, 4) is 43.8 Å². The first-order valence-electron chi connectivity index (χ1n) is 12.9. The molecule has 2 aromatic heterocycles. The second-order valence-corrected chi connectivity index (χ2v) is 14.7. The van der Waals surface area contributed by atoms with Gasteiger partial charge in [-0.05, 0) is 63.5 Å². The summed E-state index contributed by atoms with van der Waals surface area (Å²) in [4.78, 5) is 3.86. The SMILES string of the molecule is C=S1(=C)c2ccccc2-c2cc(-c3cc4c(-c5ccccc5)c5sccc5c(-c5ccccc5)c4s3)ccc21. The average molecular weight is 553 g/mol. The van der Waals surface area contributed by atoms with Crippen LogP contribution in [-0.2, 0) is 0 Å². The number of hydrogen-bond acceptors (Lipinski definition) is 2. The summed E-state index contributed by atoms with van der Waals surface area (Å²) in [7, 11) is -1.49. The standard InChI is InChI=1S/C36H24S3/c1-39(2)31-16-10-9-15-26(31)28-21-25(17-18-32(28)39)30-22-29-34(24-13-7-4-8-14-24)35-27(19-20-37-35)33(36(29)38-30)23-11-5-3-6-12-23/h3-22H,1-2H2. The predicted octanol–water partition coefficient (Wildman–Crippen LogP) is 11.2. The molecule has 3 heteroatoms. The molecule has 1 aliphatic rings. The van der Waals surface area contributed by atoms with Gasteiger partial charge in [-0.2, -0.15) is 9.21 Å². The lowest BCUT2D eigenvalue weighted by Crippen LogP contribution is -1.85. The molecule has 0 saturated heterocycles. The van der Waals surface area contributed by atoms with E-state index >= 15 is 0 Å². The summed E-state index contributed by atoms with van der Waals surface area (Å²) in [5.41, 5.74) is 9.03. The molecule has 0 fully saturated rings. The highest BCUT2D eigenvalue weighted by Gasteiger charge is 2.25. The summed E-state index contributed by atoms with van der Waals surface area (Å²) >= 11 is 3.75. The highest BCUT2D eigenvalue weighted by molar-refractivity contribution is 8.28. The van der Waals surface area contributed by atoms with E-state index in [0.717, 1.165) is 0 Å². The number of rotatable bonds is 3. The van der Waals surface area contributed by atoms with Crippen molar-refractivity contribution in [1.29, 1.82) is 0 Å². The molecule has 1 aliphatic heterocycles. The topological polar surface area (TPSA) is 0 Å². The van der Waals surface area contributed by atoms with E-state index in [4.69, 9.17) is 0 Å². The predicted molar refractivity (Wildman–Crippen MR) is 177 cm³/mol. The largest absolute Gasteiger partial charge is 0.159 e. The molecular formula is C36H24S3. The summed E-state index contributed by atoms with van der Waals surface area (Å²) < 4.78 is 2.69. The van der Waals surface area contributed by atoms with Gasteiger partial charge >= 0.3 is 0 Å². The minimum absolute atomic E-state index is 1.25. The monoisotopic (exact) mass is 552 g/mol. The zero-order valence-corrected chi connectivity index (χ0v) is 23.6. The maximum Gasteiger partial charge on any atom is 0.0441 e. The van der Waals surface area contributed by atoms with Crippen LogP contribution in [0, 0.1) is 0 Å². The smallest absolute Gasteiger partial charge is 0.0441 e. The van der Waals surface area contributed by atoms with Gasteiger partial charge in [0.25, 0.3) is 0 Å². The van der Waals surface area contributed by atoms with Gasteiger partial charge in [-0.3, -0.25) is 0 Å². The van der Waals surface area contributed by atoms with Crippen LogP contribution in [0.2, 0.25) is 0 Å². The van der Waals surface area contributed by atoms with Crippen molar-refractivity contribution in [3.05, 3.63) is 121 Å². The molecule has 39 heavy (non-hydrogen) atoms. The Morgan fingerprint density at radius 2 is 1.15 bits per heavy atom. The normalized spacial score (nSPS) is 13.5. The molecule has 186 valence electrons. The molecule has 0 amide bonds. The fourth-order valence-corrected chi connectivity index (χ4v) is 10.3. The number of hydrogen-bond donors (Lipinski definition) is 0. The van der Waals surface area contributed by atoms with Gasteiger partial charge in [0.2, 0.25) is 0 Å². The molecule has 0 radical (unpaired) electrons. The molecule has 3 heterocycles. The van der Waals surface area contributed by atoms with Gasteiger partial charge in [-0.1, -0.05) is 96.7 Å². The van der Waals surface area contributed by atoms with Crippen molar-refractivity contribution in [3.63, 3.8) is 0 Å². The van der Waals surface area contributed by atoms with Crippen molar-refractivity contribution in [2.45, 2.75) is 9.79 Å². The van der Waals surface area contributed by atoms with Crippen LogP contribution < -0.4 is 0 Å². The van der Waals surface area contributed by atoms with Crippen molar-refractivity contribution < 1.29 is 0 Å². The third-order valence-corrected chi connectivity index (χ3v) is 12.3. The Labute approximate surface area is 236 Å². The lowest BCUT2D eigenvalue weighted by molar-refractivity contribution is 1.45. The summed E-state index contributed by atoms with van der Waals surface area (Å²) in [6.07, 6.45) is 0. The summed E-state index contributed by atoms with van der Waals surface area (Å²) in [5.74, 6) is 9.16. The Morgan fingerprint density at radius 3 is 1.90 bits per heavy atom. The van der Waals surface area contributed by atoms with Crippen LogP contribution in [0.4, 0.5) is 0 Å². The Bertz CT molecular complexity index is 2070. The Kier molecular flexibility index (Phi) is 5.05. The van der Waals surface area contributed by atoms with Crippen LogP contribution in [0.25, 0.3) is 64.0 Å². The van der Waals surface area contributed by atoms with Crippen molar-refractivity contribution >= 4 is 63.8 Å². The highest BCUT2D eigenvalue weighted by atomic mass is 32.2. The Balaban J connectivity index is 1.44. The van der Waals surface area contributed by atoms with E-state index in [0.29, 0.717) is 0 Å². The van der Waals surface area contributed by atoms with Gasteiger partial charge in [0.05, 0.1) is 0 Å². The zero-order valence-electron chi connectivity index (χ0n) is 21.2. The van der Waals surface area contributed by atoms with Gasteiger partial charge in [-0.15, -0.1) is 22.7 Å². The quantitative estimate of drug-likeness (QED) is 0.191. The fraction of sp³-hybridized carbons (Fsp3) is 0. The van der Waals surface area contributed by atoms with E-state index in [2.05, 4.69) is 132 Å². The van der Waals surface area contributed by atoms with Gasteiger partial charge in [0, 0.05) is 46.0 Å². The van der Waals surface area contributed by atoms with Crippen molar-refractivity contribution in [2.24, 2.45) is 0 Å². The van der Waals surface area contributed by atoms with Gasteiger partial charge in [0.1, 0.15) is 0 Å². The van der Waals surface area contributed by atoms with Gasteiger partial charge in [0.15, 0.2) is 0 Å². The molecule has 0 saturated carbocycles. The number of benzene rings is 5. The Morgan fingerprint density at radius 1 is 0.513 bits per heavy atom. The molecule has 0 N–H and O–H groups in total.